The maximum Gasteiger partial charge on any atom is 0.491 e. The van der Waals surface area contributed by atoms with E-state index in [0.717, 1.165) is 11.1 Å². The van der Waals surface area contributed by atoms with Gasteiger partial charge in [-0.1, -0.05) is 12.1 Å². The van der Waals surface area contributed by atoms with E-state index >= 15 is 0 Å². The van der Waals surface area contributed by atoms with Crippen LogP contribution in [0.15, 0.2) is 36.4 Å². The van der Waals surface area contributed by atoms with Crippen LogP contribution in [0.3, 0.4) is 0 Å². The van der Waals surface area contributed by atoms with Gasteiger partial charge in [0.05, 0.1) is 39.6 Å². The first-order chi connectivity index (χ1) is 16.5. The number of hydrogen-bond acceptors (Lipinski definition) is 8. The molecular weight excluding hydrogens is 442 g/mol. The van der Waals surface area contributed by atoms with Gasteiger partial charge in [-0.15, -0.1) is 0 Å². The fourth-order valence-electron chi connectivity index (χ4n) is 3.73. The van der Waals surface area contributed by atoms with Crippen molar-refractivity contribution in [3.63, 3.8) is 0 Å². The van der Waals surface area contributed by atoms with Gasteiger partial charge in [-0.05, 0) is 46.3 Å². The molecule has 0 spiro atoms. The molecule has 4 rings (SSSR count). The Labute approximate surface area is 197 Å². The van der Waals surface area contributed by atoms with Crippen molar-refractivity contribution in [3.8, 4) is 0 Å². The van der Waals surface area contributed by atoms with Crippen LogP contribution in [0, 0.1) is 0 Å². The van der Waals surface area contributed by atoms with Crippen molar-refractivity contribution in [2.24, 2.45) is 0 Å². The predicted molar refractivity (Wildman–Crippen MR) is 124 cm³/mol. The second-order valence-electron chi connectivity index (χ2n) is 7.89. The summed E-state index contributed by atoms with van der Waals surface area (Å²) < 4.78 is 21.1. The zero-order chi connectivity index (χ0) is 23.9. The summed E-state index contributed by atoms with van der Waals surface area (Å²) in [6.07, 6.45) is 0. The summed E-state index contributed by atoms with van der Waals surface area (Å²) in [6.45, 7) is 2.72. The summed E-state index contributed by atoms with van der Waals surface area (Å²) in [4.78, 5) is 24.4. The molecule has 12 heteroatoms. The summed E-state index contributed by atoms with van der Waals surface area (Å²) >= 11 is 0. The SMILES string of the molecule is O=C(NCCOCCOCCNC(=O)c1ccc2c(c1)B(O)OC2)c1ccc2c(c1)COB2O. The Kier molecular flexibility index (Phi) is 8.33. The first kappa shape index (κ1) is 24.4. The molecule has 0 fully saturated rings. The van der Waals surface area contributed by atoms with Gasteiger partial charge in [-0.25, -0.2) is 0 Å². The predicted octanol–water partition coefficient (Wildman–Crippen LogP) is -1.68. The standard InChI is InChI=1S/C22H26B2N2O8/c27-21(15-3-4-19-18(11-15)14-34-23(19)29)25-5-7-31-9-10-32-8-6-26-22(28)16-1-2-17-13-33-24(30)20(17)12-16/h1-4,11-12,29-30H,5-10,13-14H2,(H,25,27)(H,26,28). The minimum atomic E-state index is -0.983. The van der Waals surface area contributed by atoms with Crippen molar-refractivity contribution in [2.75, 3.05) is 39.5 Å². The fraction of sp³-hybridized carbons (Fsp3) is 0.364. The quantitative estimate of drug-likeness (QED) is 0.227. The van der Waals surface area contributed by atoms with E-state index in [2.05, 4.69) is 10.6 Å². The van der Waals surface area contributed by atoms with Crippen molar-refractivity contribution < 1.29 is 38.4 Å². The lowest BCUT2D eigenvalue weighted by Crippen LogP contribution is -2.32. The number of hydrogen-bond donors (Lipinski definition) is 4. The molecule has 0 aromatic heterocycles. The third-order valence-electron chi connectivity index (χ3n) is 5.57. The van der Waals surface area contributed by atoms with E-state index in [-0.39, 0.29) is 18.4 Å². The number of carbonyl (C=O) groups excluding carboxylic acids is 2. The molecule has 0 unspecified atom stereocenters. The van der Waals surface area contributed by atoms with Crippen LogP contribution >= 0.6 is 0 Å². The molecule has 0 atom stereocenters. The van der Waals surface area contributed by atoms with Gasteiger partial charge in [0.25, 0.3) is 11.8 Å². The summed E-state index contributed by atoms with van der Waals surface area (Å²) in [5, 5.41) is 24.9. The number of rotatable bonds is 11. The summed E-state index contributed by atoms with van der Waals surface area (Å²) in [7, 11) is -1.91. The fourth-order valence-corrected chi connectivity index (χ4v) is 3.73. The maximum atomic E-state index is 12.2. The average Bonchev–Trinajstić information content (AvgIpc) is 3.41. The van der Waals surface area contributed by atoms with Crippen molar-refractivity contribution in [3.05, 3.63) is 58.7 Å². The molecule has 2 aliphatic rings. The molecule has 2 amide bonds. The maximum absolute atomic E-state index is 12.2. The smallest absolute Gasteiger partial charge is 0.423 e. The van der Waals surface area contributed by atoms with Gasteiger partial charge in [0.2, 0.25) is 0 Å². The molecule has 34 heavy (non-hydrogen) atoms. The molecule has 2 aromatic rings. The van der Waals surface area contributed by atoms with E-state index in [1.165, 1.54) is 0 Å². The lowest BCUT2D eigenvalue weighted by atomic mass is 9.79. The van der Waals surface area contributed by atoms with Gasteiger partial charge in [0, 0.05) is 24.2 Å². The highest BCUT2D eigenvalue weighted by Gasteiger charge is 2.28. The number of fused-ring (bicyclic) bond motifs is 2. The third kappa shape index (κ3) is 6.03. The Morgan fingerprint density at radius 2 is 1.32 bits per heavy atom. The minimum Gasteiger partial charge on any atom is -0.423 e. The molecule has 2 heterocycles. The van der Waals surface area contributed by atoms with E-state index in [9.17, 15) is 19.6 Å². The minimum absolute atomic E-state index is 0.217. The second kappa shape index (κ2) is 11.6. The molecule has 0 saturated carbocycles. The van der Waals surface area contributed by atoms with Gasteiger partial charge in [-0.2, -0.15) is 0 Å². The van der Waals surface area contributed by atoms with Gasteiger partial charge >= 0.3 is 14.2 Å². The first-order valence-electron chi connectivity index (χ1n) is 11.1. The number of amides is 2. The molecule has 0 radical (unpaired) electrons. The van der Waals surface area contributed by atoms with Crippen molar-refractivity contribution in [1.29, 1.82) is 0 Å². The molecule has 178 valence electrons. The number of nitrogens with one attached hydrogen (secondary N) is 2. The molecule has 2 aromatic carbocycles. The van der Waals surface area contributed by atoms with E-state index in [4.69, 9.17) is 18.8 Å². The second-order valence-corrected chi connectivity index (χ2v) is 7.89. The number of benzene rings is 2. The van der Waals surface area contributed by atoms with Crippen LogP contribution in [-0.4, -0.2) is 75.6 Å². The molecule has 0 aliphatic carbocycles. The molecule has 0 saturated heterocycles. The Balaban J connectivity index is 1.03. The summed E-state index contributed by atoms with van der Waals surface area (Å²) in [5.74, 6) is -0.463. The molecule has 4 N–H and O–H groups in total. The lowest BCUT2D eigenvalue weighted by molar-refractivity contribution is 0.0486. The summed E-state index contributed by atoms with van der Waals surface area (Å²) in [6, 6.07) is 10.2. The monoisotopic (exact) mass is 468 g/mol. The third-order valence-corrected chi connectivity index (χ3v) is 5.57. The zero-order valence-electron chi connectivity index (χ0n) is 18.6. The van der Waals surface area contributed by atoms with E-state index in [1.807, 2.05) is 0 Å². The average molecular weight is 468 g/mol. The van der Waals surface area contributed by atoms with Crippen molar-refractivity contribution >= 4 is 37.0 Å². The van der Waals surface area contributed by atoms with Gasteiger partial charge in [-0.3, -0.25) is 9.59 Å². The van der Waals surface area contributed by atoms with Crippen LogP contribution in [0.25, 0.3) is 0 Å². The molecular formula is C22H26B2N2O8. The highest BCUT2D eigenvalue weighted by Crippen LogP contribution is 2.12. The normalized spacial score (nSPS) is 14.2. The van der Waals surface area contributed by atoms with E-state index < -0.39 is 14.2 Å². The number of carbonyl (C=O) groups is 2. The summed E-state index contributed by atoms with van der Waals surface area (Å²) in [5.41, 5.74) is 3.97. The molecule has 0 bridgehead atoms. The van der Waals surface area contributed by atoms with Crippen molar-refractivity contribution in [2.45, 2.75) is 13.2 Å². The van der Waals surface area contributed by atoms with Gasteiger partial charge in [0.1, 0.15) is 0 Å². The lowest BCUT2D eigenvalue weighted by Gasteiger charge is -2.09. The Bertz CT molecular complexity index is 1040. The van der Waals surface area contributed by atoms with Crippen LogP contribution in [0.5, 0.6) is 0 Å². The highest BCUT2D eigenvalue weighted by atomic mass is 16.5. The first-order valence-corrected chi connectivity index (χ1v) is 11.1. The Hall–Kier alpha value is -2.73. The highest BCUT2D eigenvalue weighted by molar-refractivity contribution is 6.62. The Morgan fingerprint density at radius 1 is 0.765 bits per heavy atom. The number of ether oxygens (including phenoxy) is 2. The van der Waals surface area contributed by atoms with Crippen LogP contribution in [-0.2, 0) is 32.0 Å². The largest absolute Gasteiger partial charge is 0.491 e. The molecule has 10 nitrogen and oxygen atoms in total. The van der Waals surface area contributed by atoms with Crippen molar-refractivity contribution in [1.82, 2.24) is 10.6 Å². The van der Waals surface area contributed by atoms with Crippen LogP contribution < -0.4 is 21.6 Å². The van der Waals surface area contributed by atoms with Crippen LogP contribution in [0.4, 0.5) is 0 Å². The van der Waals surface area contributed by atoms with E-state index in [1.54, 1.807) is 36.4 Å². The molecule has 2 aliphatic heterocycles. The van der Waals surface area contributed by atoms with Gasteiger partial charge < -0.3 is 39.5 Å². The van der Waals surface area contributed by atoms with Crippen LogP contribution in [0.1, 0.15) is 31.8 Å². The topological polar surface area (TPSA) is 136 Å². The van der Waals surface area contributed by atoms with Crippen LogP contribution in [0.2, 0.25) is 0 Å². The van der Waals surface area contributed by atoms with E-state index in [0.29, 0.717) is 68.2 Å². The zero-order valence-corrected chi connectivity index (χ0v) is 18.6. The van der Waals surface area contributed by atoms with Gasteiger partial charge in [0.15, 0.2) is 0 Å². The Morgan fingerprint density at radius 3 is 2.00 bits per heavy atom.